The molecule has 1 amide bonds. The lowest BCUT2D eigenvalue weighted by Crippen LogP contribution is -2.34. The summed E-state index contributed by atoms with van der Waals surface area (Å²) in [5.41, 5.74) is 2.16. The Morgan fingerprint density at radius 2 is 1.73 bits per heavy atom. The van der Waals surface area contributed by atoms with Gasteiger partial charge in [-0.25, -0.2) is 9.59 Å². The van der Waals surface area contributed by atoms with Gasteiger partial charge in [0.1, 0.15) is 6.61 Å². The number of aryl methyl sites for hydroxylation is 1. The molecule has 0 saturated heterocycles. The van der Waals surface area contributed by atoms with Crippen LogP contribution in [0.15, 0.2) is 54.6 Å². The first kappa shape index (κ1) is 15.6. The third-order valence-corrected chi connectivity index (χ3v) is 3.22. The first-order valence-electron chi connectivity index (χ1n) is 6.83. The molecule has 1 atom stereocenters. The number of alkyl carbamates (subject to hydrolysis) is 1. The van der Waals surface area contributed by atoms with Gasteiger partial charge in [-0.1, -0.05) is 54.6 Å². The van der Waals surface area contributed by atoms with E-state index in [0.29, 0.717) is 5.56 Å². The van der Waals surface area contributed by atoms with E-state index in [1.807, 2.05) is 36.4 Å². The highest BCUT2D eigenvalue weighted by atomic mass is 16.5. The van der Waals surface area contributed by atoms with E-state index in [9.17, 15) is 14.7 Å². The number of aliphatic carboxylic acids is 1. The van der Waals surface area contributed by atoms with E-state index in [0.717, 1.165) is 11.1 Å². The van der Waals surface area contributed by atoms with Crippen molar-refractivity contribution in [1.29, 1.82) is 0 Å². The van der Waals surface area contributed by atoms with Crippen molar-refractivity contribution in [3.05, 3.63) is 71.3 Å². The molecule has 2 N–H and O–H groups in total. The second-order valence-corrected chi connectivity index (χ2v) is 4.83. The highest BCUT2D eigenvalue weighted by Crippen LogP contribution is 2.18. The predicted molar refractivity (Wildman–Crippen MR) is 81.3 cm³/mol. The molecule has 0 saturated carbocycles. The molecule has 2 aromatic rings. The SMILES string of the molecule is Cc1ccccc1[C@@H](NC(=O)OCc1ccccc1)C(=O)O. The van der Waals surface area contributed by atoms with E-state index in [2.05, 4.69) is 5.32 Å². The third kappa shape index (κ3) is 4.09. The quantitative estimate of drug-likeness (QED) is 0.889. The van der Waals surface area contributed by atoms with Crippen LogP contribution in [0.5, 0.6) is 0 Å². The number of rotatable bonds is 5. The van der Waals surface area contributed by atoms with E-state index < -0.39 is 18.1 Å². The summed E-state index contributed by atoms with van der Waals surface area (Å²) in [5.74, 6) is -1.13. The minimum atomic E-state index is -1.13. The number of carbonyl (C=O) groups excluding carboxylic acids is 1. The van der Waals surface area contributed by atoms with Crippen molar-refractivity contribution in [2.24, 2.45) is 0 Å². The lowest BCUT2D eigenvalue weighted by atomic mass is 10.0. The van der Waals surface area contributed by atoms with Crippen LogP contribution in [-0.2, 0) is 16.1 Å². The van der Waals surface area contributed by atoms with Crippen LogP contribution in [0.25, 0.3) is 0 Å². The summed E-state index contributed by atoms with van der Waals surface area (Å²) in [6, 6.07) is 15.1. The fourth-order valence-electron chi connectivity index (χ4n) is 2.07. The first-order chi connectivity index (χ1) is 10.6. The molecule has 5 nitrogen and oxygen atoms in total. The van der Waals surface area contributed by atoms with Gasteiger partial charge < -0.3 is 15.2 Å². The zero-order valence-corrected chi connectivity index (χ0v) is 12.2. The molecular weight excluding hydrogens is 282 g/mol. The summed E-state index contributed by atoms with van der Waals surface area (Å²) >= 11 is 0. The Kier molecular flexibility index (Phi) is 5.14. The molecule has 0 aliphatic carbocycles. The van der Waals surface area contributed by atoms with Gasteiger partial charge in [0.15, 0.2) is 6.04 Å². The number of hydrogen-bond acceptors (Lipinski definition) is 3. The molecule has 114 valence electrons. The zero-order valence-electron chi connectivity index (χ0n) is 12.2. The molecule has 0 spiro atoms. The smallest absolute Gasteiger partial charge is 0.408 e. The number of carboxylic acids is 1. The van der Waals surface area contributed by atoms with E-state index in [1.165, 1.54) is 0 Å². The number of benzene rings is 2. The molecule has 0 radical (unpaired) electrons. The number of carbonyl (C=O) groups is 2. The standard InChI is InChI=1S/C17H17NO4/c1-12-7-5-6-10-14(12)15(16(19)20)18-17(21)22-11-13-8-3-2-4-9-13/h2-10,15H,11H2,1H3,(H,18,21)(H,19,20)/t15-/m1/s1. The van der Waals surface area contributed by atoms with Crippen LogP contribution in [-0.4, -0.2) is 17.2 Å². The van der Waals surface area contributed by atoms with Gasteiger partial charge in [-0.15, -0.1) is 0 Å². The Bertz CT molecular complexity index is 655. The van der Waals surface area contributed by atoms with Gasteiger partial charge in [-0.05, 0) is 23.6 Å². The van der Waals surface area contributed by atoms with Crippen LogP contribution in [0.3, 0.4) is 0 Å². The van der Waals surface area contributed by atoms with Crippen molar-refractivity contribution in [3.8, 4) is 0 Å². The van der Waals surface area contributed by atoms with Crippen molar-refractivity contribution in [2.45, 2.75) is 19.6 Å². The normalized spacial score (nSPS) is 11.5. The van der Waals surface area contributed by atoms with Crippen LogP contribution in [0.1, 0.15) is 22.7 Å². The van der Waals surface area contributed by atoms with Gasteiger partial charge in [-0.2, -0.15) is 0 Å². The Labute approximate surface area is 128 Å². The Morgan fingerprint density at radius 1 is 1.09 bits per heavy atom. The molecule has 0 fully saturated rings. The zero-order chi connectivity index (χ0) is 15.9. The van der Waals surface area contributed by atoms with E-state index in [-0.39, 0.29) is 6.61 Å². The Hall–Kier alpha value is -2.82. The largest absolute Gasteiger partial charge is 0.479 e. The lowest BCUT2D eigenvalue weighted by Gasteiger charge is -2.16. The Morgan fingerprint density at radius 3 is 2.36 bits per heavy atom. The fourth-order valence-corrected chi connectivity index (χ4v) is 2.07. The van der Waals surface area contributed by atoms with Gasteiger partial charge in [0.2, 0.25) is 0 Å². The molecule has 0 aliphatic heterocycles. The van der Waals surface area contributed by atoms with Crippen LogP contribution >= 0.6 is 0 Å². The van der Waals surface area contributed by atoms with Gasteiger partial charge in [-0.3, -0.25) is 0 Å². The average molecular weight is 299 g/mol. The van der Waals surface area contributed by atoms with Gasteiger partial charge in [0, 0.05) is 0 Å². The second-order valence-electron chi connectivity index (χ2n) is 4.83. The summed E-state index contributed by atoms with van der Waals surface area (Å²) in [7, 11) is 0. The van der Waals surface area contributed by atoms with Crippen LogP contribution in [0.2, 0.25) is 0 Å². The van der Waals surface area contributed by atoms with E-state index in [4.69, 9.17) is 4.74 Å². The highest BCUT2D eigenvalue weighted by Gasteiger charge is 2.24. The summed E-state index contributed by atoms with van der Waals surface area (Å²) in [6.45, 7) is 1.88. The third-order valence-electron chi connectivity index (χ3n) is 3.22. The molecule has 0 aliphatic rings. The molecule has 0 heterocycles. The summed E-state index contributed by atoms with van der Waals surface area (Å²) in [6.07, 6.45) is -0.764. The van der Waals surface area contributed by atoms with Gasteiger partial charge in [0.25, 0.3) is 0 Å². The molecular formula is C17H17NO4. The molecule has 2 aromatic carbocycles. The summed E-state index contributed by atoms with van der Waals surface area (Å²) in [4.78, 5) is 23.2. The monoisotopic (exact) mass is 299 g/mol. The minimum absolute atomic E-state index is 0.0901. The molecule has 5 heteroatoms. The first-order valence-corrected chi connectivity index (χ1v) is 6.83. The number of carboxylic acid groups (broad SMARTS) is 1. The van der Waals surface area contributed by atoms with Crippen molar-refractivity contribution in [3.63, 3.8) is 0 Å². The second kappa shape index (κ2) is 7.26. The number of amides is 1. The molecule has 2 rings (SSSR count). The highest BCUT2D eigenvalue weighted by molar-refractivity contribution is 5.81. The molecule has 0 bridgehead atoms. The van der Waals surface area contributed by atoms with Crippen LogP contribution < -0.4 is 5.32 Å². The summed E-state index contributed by atoms with van der Waals surface area (Å²) < 4.78 is 5.06. The van der Waals surface area contributed by atoms with Gasteiger partial charge in [0.05, 0.1) is 0 Å². The lowest BCUT2D eigenvalue weighted by molar-refractivity contribution is -0.139. The molecule has 0 aromatic heterocycles. The average Bonchev–Trinajstić information content (AvgIpc) is 2.52. The minimum Gasteiger partial charge on any atom is -0.479 e. The maximum absolute atomic E-state index is 11.8. The van der Waals surface area contributed by atoms with Crippen molar-refractivity contribution >= 4 is 12.1 Å². The molecule has 22 heavy (non-hydrogen) atoms. The number of ether oxygens (including phenoxy) is 1. The number of hydrogen-bond donors (Lipinski definition) is 2. The van der Waals surface area contributed by atoms with Crippen molar-refractivity contribution in [1.82, 2.24) is 5.32 Å². The maximum atomic E-state index is 11.8. The van der Waals surface area contributed by atoms with Crippen molar-refractivity contribution < 1.29 is 19.4 Å². The van der Waals surface area contributed by atoms with E-state index in [1.54, 1.807) is 25.1 Å². The molecule has 0 unspecified atom stereocenters. The maximum Gasteiger partial charge on any atom is 0.408 e. The topological polar surface area (TPSA) is 75.6 Å². The summed E-state index contributed by atoms with van der Waals surface area (Å²) in [5, 5.41) is 11.7. The fraction of sp³-hybridized carbons (Fsp3) is 0.176. The van der Waals surface area contributed by atoms with Crippen LogP contribution in [0, 0.1) is 6.92 Å². The predicted octanol–water partition coefficient (Wildman–Crippen LogP) is 3.05. The Balaban J connectivity index is 2.01. The number of nitrogens with one attached hydrogen (secondary N) is 1. The van der Waals surface area contributed by atoms with Crippen LogP contribution in [0.4, 0.5) is 4.79 Å². The van der Waals surface area contributed by atoms with E-state index >= 15 is 0 Å². The van der Waals surface area contributed by atoms with Gasteiger partial charge >= 0.3 is 12.1 Å². The van der Waals surface area contributed by atoms with Crippen molar-refractivity contribution in [2.75, 3.05) is 0 Å².